The van der Waals surface area contributed by atoms with Crippen molar-refractivity contribution in [2.45, 2.75) is 31.3 Å². The molecule has 0 aromatic heterocycles. The minimum absolute atomic E-state index is 0.134. The molecule has 0 aliphatic heterocycles. The van der Waals surface area contributed by atoms with E-state index in [9.17, 15) is 5.11 Å². The van der Waals surface area contributed by atoms with Crippen LogP contribution in [0, 0.1) is 17.8 Å². The Labute approximate surface area is 55.1 Å². The van der Waals surface area contributed by atoms with Crippen molar-refractivity contribution < 1.29 is 5.11 Å². The smallest absolute Gasteiger partial charge is 0.0706 e. The van der Waals surface area contributed by atoms with Gasteiger partial charge in [-0.25, -0.2) is 0 Å². The fourth-order valence-electron chi connectivity index (χ4n) is 3.39. The van der Waals surface area contributed by atoms with E-state index in [4.69, 9.17) is 0 Å². The van der Waals surface area contributed by atoms with Gasteiger partial charge < -0.3 is 5.11 Å². The molecule has 0 aromatic rings. The molecule has 9 heavy (non-hydrogen) atoms. The van der Waals surface area contributed by atoms with E-state index >= 15 is 0 Å². The first-order chi connectivity index (χ1) is 4.29. The Morgan fingerprint density at radius 3 is 2.00 bits per heavy atom. The lowest BCUT2D eigenvalue weighted by molar-refractivity contribution is -0.126. The van der Waals surface area contributed by atoms with Crippen LogP contribution in [-0.4, -0.2) is 10.7 Å². The summed E-state index contributed by atoms with van der Waals surface area (Å²) in [5, 5.41) is 9.86. The third-order valence-corrected chi connectivity index (χ3v) is 3.83. The number of fused-ring (bicyclic) bond motifs is 1. The Hall–Kier alpha value is -0.0400. The van der Waals surface area contributed by atoms with Crippen molar-refractivity contribution in [3.05, 3.63) is 0 Å². The molecule has 2 bridgehead atoms. The maximum absolute atomic E-state index is 9.86. The molecule has 3 saturated carbocycles. The molecule has 0 saturated heterocycles. The fraction of sp³-hybridized carbons (Fsp3) is 1.00. The van der Waals surface area contributed by atoms with Crippen LogP contribution in [0.15, 0.2) is 0 Å². The molecule has 0 spiro atoms. The molecule has 3 aliphatic carbocycles. The summed E-state index contributed by atoms with van der Waals surface area (Å²) in [6.07, 6.45) is 5.16. The third-order valence-electron chi connectivity index (χ3n) is 3.83. The van der Waals surface area contributed by atoms with Gasteiger partial charge in [0, 0.05) is 0 Å². The highest BCUT2D eigenvalue weighted by Gasteiger charge is 2.64. The predicted molar refractivity (Wildman–Crippen MR) is 33.9 cm³/mol. The van der Waals surface area contributed by atoms with Gasteiger partial charge in [0.05, 0.1) is 5.60 Å². The Balaban J connectivity index is 2.07. The van der Waals surface area contributed by atoms with Crippen molar-refractivity contribution in [2.24, 2.45) is 17.8 Å². The van der Waals surface area contributed by atoms with Crippen molar-refractivity contribution in [3.8, 4) is 0 Å². The van der Waals surface area contributed by atoms with Gasteiger partial charge in [-0.1, -0.05) is 0 Å². The van der Waals surface area contributed by atoms with Crippen molar-refractivity contribution >= 4 is 0 Å². The van der Waals surface area contributed by atoms with Gasteiger partial charge in [-0.15, -0.1) is 0 Å². The average Bonchev–Trinajstić information content (AvgIpc) is 2.20. The standard InChI is InChI=1S/C8H12O/c9-8-4-5-1-6(8)3-7(8)2-5/h5-7,9H,1-4H2. The van der Waals surface area contributed by atoms with E-state index in [0.717, 1.165) is 24.2 Å². The molecule has 2 atom stereocenters. The molecule has 0 aromatic carbocycles. The zero-order chi connectivity index (χ0) is 6.06. The molecule has 1 N–H and O–H groups in total. The second-order valence-corrected chi connectivity index (χ2v) is 4.16. The summed E-state index contributed by atoms with van der Waals surface area (Å²) in [5.74, 6) is 2.36. The Morgan fingerprint density at radius 1 is 1.11 bits per heavy atom. The number of hydrogen-bond acceptors (Lipinski definition) is 1. The van der Waals surface area contributed by atoms with Crippen LogP contribution in [-0.2, 0) is 0 Å². The van der Waals surface area contributed by atoms with Gasteiger partial charge in [0.1, 0.15) is 0 Å². The normalized spacial score (nSPS) is 68.3. The number of hydrogen-bond donors (Lipinski definition) is 1. The molecule has 0 radical (unpaired) electrons. The van der Waals surface area contributed by atoms with E-state index in [2.05, 4.69) is 0 Å². The summed E-state index contributed by atoms with van der Waals surface area (Å²) < 4.78 is 0. The second kappa shape index (κ2) is 1.07. The maximum atomic E-state index is 9.86. The molecule has 1 heteroatoms. The zero-order valence-corrected chi connectivity index (χ0v) is 5.51. The van der Waals surface area contributed by atoms with E-state index in [1.807, 2.05) is 0 Å². The van der Waals surface area contributed by atoms with E-state index in [1.54, 1.807) is 0 Å². The first-order valence-corrected chi connectivity index (χ1v) is 4.01. The second-order valence-electron chi connectivity index (χ2n) is 4.16. The third kappa shape index (κ3) is 0.337. The van der Waals surface area contributed by atoms with Gasteiger partial charge >= 0.3 is 0 Å². The molecule has 1 nitrogen and oxygen atoms in total. The highest BCUT2D eigenvalue weighted by molar-refractivity contribution is 5.15. The van der Waals surface area contributed by atoms with E-state index in [1.165, 1.54) is 19.3 Å². The van der Waals surface area contributed by atoms with Crippen molar-refractivity contribution in [2.75, 3.05) is 0 Å². The predicted octanol–water partition coefficient (Wildman–Crippen LogP) is 1.17. The van der Waals surface area contributed by atoms with Gasteiger partial charge in [0.15, 0.2) is 0 Å². The molecular weight excluding hydrogens is 112 g/mol. The topological polar surface area (TPSA) is 20.2 Å². The molecule has 3 rings (SSSR count). The monoisotopic (exact) mass is 124 g/mol. The van der Waals surface area contributed by atoms with Crippen molar-refractivity contribution in [3.63, 3.8) is 0 Å². The van der Waals surface area contributed by atoms with Crippen LogP contribution < -0.4 is 0 Å². The minimum atomic E-state index is -0.134. The quantitative estimate of drug-likeness (QED) is 0.514. The summed E-state index contributed by atoms with van der Waals surface area (Å²) in [6, 6.07) is 0. The van der Waals surface area contributed by atoms with Crippen LogP contribution in [0.5, 0.6) is 0 Å². The van der Waals surface area contributed by atoms with Gasteiger partial charge in [-0.2, -0.15) is 0 Å². The fourth-order valence-corrected chi connectivity index (χ4v) is 3.39. The molecule has 0 heterocycles. The van der Waals surface area contributed by atoms with Gasteiger partial charge in [0.25, 0.3) is 0 Å². The summed E-state index contributed by atoms with van der Waals surface area (Å²) in [7, 11) is 0. The molecular formula is C8H12O. The number of rotatable bonds is 0. The van der Waals surface area contributed by atoms with Gasteiger partial charge in [-0.3, -0.25) is 0 Å². The Kier molecular flexibility index (Phi) is 0.563. The lowest BCUT2D eigenvalue weighted by atomic mass is 9.61. The van der Waals surface area contributed by atoms with Crippen LogP contribution >= 0.6 is 0 Å². The highest BCUT2D eigenvalue weighted by Crippen LogP contribution is 2.65. The summed E-state index contributed by atoms with van der Waals surface area (Å²) in [5.41, 5.74) is -0.134. The SMILES string of the molecule is OC12CC3CC1CC2C3. The summed E-state index contributed by atoms with van der Waals surface area (Å²) >= 11 is 0. The highest BCUT2D eigenvalue weighted by atomic mass is 16.3. The first-order valence-electron chi connectivity index (χ1n) is 4.01. The summed E-state index contributed by atoms with van der Waals surface area (Å²) in [6.45, 7) is 0. The lowest BCUT2D eigenvalue weighted by Gasteiger charge is -2.48. The van der Waals surface area contributed by atoms with Gasteiger partial charge in [0.2, 0.25) is 0 Å². The maximum Gasteiger partial charge on any atom is 0.0706 e. The average molecular weight is 124 g/mol. The Morgan fingerprint density at radius 2 is 1.78 bits per heavy atom. The van der Waals surface area contributed by atoms with Crippen LogP contribution in [0.3, 0.4) is 0 Å². The first kappa shape index (κ1) is 4.73. The van der Waals surface area contributed by atoms with Crippen LogP contribution in [0.4, 0.5) is 0 Å². The molecule has 2 unspecified atom stereocenters. The van der Waals surface area contributed by atoms with Crippen molar-refractivity contribution in [1.29, 1.82) is 0 Å². The van der Waals surface area contributed by atoms with Crippen molar-refractivity contribution in [1.82, 2.24) is 0 Å². The van der Waals surface area contributed by atoms with Crippen LogP contribution in [0.2, 0.25) is 0 Å². The van der Waals surface area contributed by atoms with Crippen LogP contribution in [0.1, 0.15) is 25.7 Å². The molecule has 3 aliphatic rings. The molecule has 50 valence electrons. The summed E-state index contributed by atoms with van der Waals surface area (Å²) in [4.78, 5) is 0. The Bertz CT molecular complexity index is 152. The van der Waals surface area contributed by atoms with E-state index < -0.39 is 0 Å². The molecule has 0 amide bonds. The molecule has 3 fully saturated rings. The lowest BCUT2D eigenvalue weighted by Crippen LogP contribution is -2.51. The van der Waals surface area contributed by atoms with E-state index in [0.29, 0.717) is 0 Å². The minimum Gasteiger partial charge on any atom is -0.389 e. The van der Waals surface area contributed by atoms with Gasteiger partial charge in [-0.05, 0) is 43.4 Å². The number of aliphatic hydroxyl groups is 1. The zero-order valence-electron chi connectivity index (χ0n) is 5.51. The largest absolute Gasteiger partial charge is 0.389 e. The van der Waals surface area contributed by atoms with Crippen LogP contribution in [0.25, 0.3) is 0 Å². The van der Waals surface area contributed by atoms with E-state index in [-0.39, 0.29) is 5.60 Å².